The number of ether oxygens (including phenoxy) is 1. The second kappa shape index (κ2) is 8.31. The molecule has 0 rings (SSSR count). The van der Waals surface area contributed by atoms with Gasteiger partial charge in [0.2, 0.25) is 0 Å². The number of methoxy groups -OCH3 is 1. The third-order valence-electron chi connectivity index (χ3n) is 2.42. The molecule has 0 bridgehead atoms. The van der Waals surface area contributed by atoms with Crippen LogP contribution in [0.2, 0.25) is 0 Å². The van der Waals surface area contributed by atoms with Crippen LogP contribution in [0.4, 0.5) is 13.2 Å². The minimum absolute atomic E-state index is 0.0112. The number of rotatable bonds is 8. The second-order valence-corrected chi connectivity index (χ2v) is 3.97. The maximum absolute atomic E-state index is 12.3. The zero-order valence-electron chi connectivity index (χ0n) is 11.0. The molecular formula is C11H21F3N2O2. The Morgan fingerprint density at radius 2 is 2.00 bits per heavy atom. The lowest BCUT2D eigenvalue weighted by molar-refractivity contribution is -0.152. The molecule has 1 atom stereocenters. The van der Waals surface area contributed by atoms with Crippen molar-refractivity contribution in [1.82, 2.24) is 10.2 Å². The van der Waals surface area contributed by atoms with E-state index in [0.29, 0.717) is 6.54 Å². The Hall–Kier alpha value is -0.820. The SMILES string of the molecule is CCCNC(CN(CC)CC(F)(F)F)C(=O)OC. The fourth-order valence-electron chi connectivity index (χ4n) is 1.50. The number of nitrogens with zero attached hydrogens (tertiary/aromatic N) is 1. The summed E-state index contributed by atoms with van der Waals surface area (Å²) >= 11 is 0. The van der Waals surface area contributed by atoms with Crippen LogP contribution in [0, 0.1) is 0 Å². The molecule has 0 aromatic heterocycles. The second-order valence-electron chi connectivity index (χ2n) is 3.97. The number of halogens is 3. The molecule has 0 aliphatic carbocycles. The topological polar surface area (TPSA) is 41.6 Å². The third kappa shape index (κ3) is 7.50. The third-order valence-corrected chi connectivity index (χ3v) is 2.42. The summed E-state index contributed by atoms with van der Waals surface area (Å²) in [6, 6.07) is -0.725. The van der Waals surface area contributed by atoms with Crippen molar-refractivity contribution >= 4 is 5.97 Å². The van der Waals surface area contributed by atoms with Crippen LogP contribution in [-0.2, 0) is 9.53 Å². The zero-order chi connectivity index (χ0) is 14.2. The number of likely N-dealkylation sites (N-methyl/N-ethyl adjacent to an activating group) is 1. The molecule has 0 aromatic rings. The van der Waals surface area contributed by atoms with Crippen LogP contribution in [0.1, 0.15) is 20.3 Å². The Bertz CT molecular complexity index is 247. The van der Waals surface area contributed by atoms with Gasteiger partial charge in [0.1, 0.15) is 6.04 Å². The average Bonchev–Trinajstić information content (AvgIpc) is 2.30. The van der Waals surface area contributed by atoms with E-state index in [4.69, 9.17) is 0 Å². The fourth-order valence-corrected chi connectivity index (χ4v) is 1.50. The van der Waals surface area contributed by atoms with Crippen LogP contribution in [0.15, 0.2) is 0 Å². The molecule has 0 saturated heterocycles. The average molecular weight is 270 g/mol. The highest BCUT2D eigenvalue weighted by Gasteiger charge is 2.32. The van der Waals surface area contributed by atoms with E-state index in [1.54, 1.807) is 6.92 Å². The number of nitrogens with one attached hydrogen (secondary N) is 1. The fraction of sp³-hybridized carbons (Fsp3) is 0.909. The molecule has 18 heavy (non-hydrogen) atoms. The minimum atomic E-state index is -4.26. The van der Waals surface area contributed by atoms with Crippen molar-refractivity contribution in [3.8, 4) is 0 Å². The summed E-state index contributed by atoms with van der Waals surface area (Å²) < 4.78 is 41.5. The van der Waals surface area contributed by atoms with Gasteiger partial charge < -0.3 is 10.1 Å². The van der Waals surface area contributed by atoms with Crippen LogP contribution in [0.5, 0.6) is 0 Å². The molecule has 0 aromatic carbocycles. The maximum atomic E-state index is 12.3. The molecule has 4 nitrogen and oxygen atoms in total. The Balaban J connectivity index is 4.46. The lowest BCUT2D eigenvalue weighted by atomic mass is 10.2. The van der Waals surface area contributed by atoms with E-state index < -0.39 is 24.7 Å². The molecule has 0 saturated carbocycles. The van der Waals surface area contributed by atoms with Crippen LogP contribution in [0.3, 0.4) is 0 Å². The van der Waals surface area contributed by atoms with Crippen LogP contribution in [-0.4, -0.2) is 56.4 Å². The van der Waals surface area contributed by atoms with Gasteiger partial charge in [-0.3, -0.25) is 9.69 Å². The monoisotopic (exact) mass is 270 g/mol. The van der Waals surface area contributed by atoms with Crippen molar-refractivity contribution in [3.05, 3.63) is 0 Å². The highest BCUT2D eigenvalue weighted by Crippen LogP contribution is 2.16. The lowest BCUT2D eigenvalue weighted by Gasteiger charge is -2.26. The van der Waals surface area contributed by atoms with E-state index in [0.717, 1.165) is 6.42 Å². The zero-order valence-corrected chi connectivity index (χ0v) is 11.0. The van der Waals surface area contributed by atoms with E-state index in [1.165, 1.54) is 12.0 Å². The van der Waals surface area contributed by atoms with Gasteiger partial charge in [0.05, 0.1) is 13.7 Å². The highest BCUT2D eigenvalue weighted by molar-refractivity contribution is 5.75. The van der Waals surface area contributed by atoms with Gasteiger partial charge in [-0.25, -0.2) is 0 Å². The number of hydrogen-bond acceptors (Lipinski definition) is 4. The Labute approximate surface area is 105 Å². The van der Waals surface area contributed by atoms with E-state index in [-0.39, 0.29) is 13.1 Å². The van der Waals surface area contributed by atoms with Gasteiger partial charge in [-0.1, -0.05) is 13.8 Å². The number of carbonyl (C=O) groups excluding carboxylic acids is 1. The lowest BCUT2D eigenvalue weighted by Crippen LogP contribution is -2.49. The predicted octanol–water partition coefficient (Wildman–Crippen LogP) is 1.41. The van der Waals surface area contributed by atoms with E-state index in [9.17, 15) is 18.0 Å². The molecule has 0 aliphatic rings. The molecular weight excluding hydrogens is 249 g/mol. The largest absolute Gasteiger partial charge is 0.468 e. The van der Waals surface area contributed by atoms with Gasteiger partial charge in [-0.15, -0.1) is 0 Å². The molecule has 0 heterocycles. The highest BCUT2D eigenvalue weighted by atomic mass is 19.4. The van der Waals surface area contributed by atoms with Crippen molar-refractivity contribution in [2.75, 3.05) is 33.3 Å². The predicted molar refractivity (Wildman–Crippen MR) is 62.3 cm³/mol. The summed E-state index contributed by atoms with van der Waals surface area (Å²) in [7, 11) is 1.23. The smallest absolute Gasteiger partial charge is 0.401 e. The summed E-state index contributed by atoms with van der Waals surface area (Å²) in [5, 5.41) is 2.89. The number of carbonyl (C=O) groups is 1. The Morgan fingerprint density at radius 1 is 1.39 bits per heavy atom. The van der Waals surface area contributed by atoms with Gasteiger partial charge in [0, 0.05) is 6.54 Å². The molecule has 0 aliphatic heterocycles. The first-order chi connectivity index (χ1) is 8.34. The van der Waals surface area contributed by atoms with Crippen LogP contribution < -0.4 is 5.32 Å². The van der Waals surface area contributed by atoms with Gasteiger partial charge in [-0.05, 0) is 19.5 Å². The molecule has 0 spiro atoms. The molecule has 1 unspecified atom stereocenters. The van der Waals surface area contributed by atoms with Crippen molar-refractivity contribution < 1.29 is 22.7 Å². The minimum Gasteiger partial charge on any atom is -0.468 e. The normalized spacial score (nSPS) is 13.7. The number of hydrogen-bond donors (Lipinski definition) is 1. The van der Waals surface area contributed by atoms with Crippen LogP contribution in [0.25, 0.3) is 0 Å². The molecule has 0 radical (unpaired) electrons. The summed E-state index contributed by atoms with van der Waals surface area (Å²) in [5.41, 5.74) is 0. The van der Waals surface area contributed by atoms with Gasteiger partial charge >= 0.3 is 12.1 Å². The molecule has 7 heteroatoms. The van der Waals surface area contributed by atoms with Gasteiger partial charge in [0.15, 0.2) is 0 Å². The quantitative estimate of drug-likeness (QED) is 0.677. The Kier molecular flexibility index (Phi) is 7.93. The van der Waals surface area contributed by atoms with Crippen molar-refractivity contribution in [1.29, 1.82) is 0 Å². The Morgan fingerprint density at radius 3 is 2.39 bits per heavy atom. The van der Waals surface area contributed by atoms with Gasteiger partial charge in [-0.2, -0.15) is 13.2 Å². The first-order valence-corrected chi connectivity index (χ1v) is 5.94. The number of alkyl halides is 3. The molecule has 1 N–H and O–H groups in total. The summed E-state index contributed by atoms with van der Waals surface area (Å²) in [6.45, 7) is 3.28. The molecule has 0 fully saturated rings. The van der Waals surface area contributed by atoms with Crippen molar-refractivity contribution in [2.45, 2.75) is 32.5 Å². The first-order valence-electron chi connectivity index (χ1n) is 5.94. The van der Waals surface area contributed by atoms with E-state index >= 15 is 0 Å². The molecule has 0 amide bonds. The summed E-state index contributed by atoms with van der Waals surface area (Å²) in [4.78, 5) is 12.6. The molecule has 108 valence electrons. The van der Waals surface area contributed by atoms with Crippen molar-refractivity contribution in [2.24, 2.45) is 0 Å². The van der Waals surface area contributed by atoms with Crippen LogP contribution >= 0.6 is 0 Å². The maximum Gasteiger partial charge on any atom is 0.401 e. The van der Waals surface area contributed by atoms with E-state index in [1.807, 2.05) is 6.92 Å². The first kappa shape index (κ1) is 17.2. The summed E-state index contributed by atoms with van der Waals surface area (Å²) in [5.74, 6) is -0.538. The standard InChI is InChI=1S/C11H21F3N2O2/c1-4-6-15-9(10(17)18-3)7-16(5-2)8-11(12,13)14/h9,15H,4-8H2,1-3H3. The number of esters is 1. The van der Waals surface area contributed by atoms with E-state index in [2.05, 4.69) is 10.1 Å². The van der Waals surface area contributed by atoms with Gasteiger partial charge in [0.25, 0.3) is 0 Å². The van der Waals surface area contributed by atoms with Crippen molar-refractivity contribution in [3.63, 3.8) is 0 Å². The summed E-state index contributed by atoms with van der Waals surface area (Å²) in [6.07, 6.45) is -3.47.